The molecule has 0 bridgehead atoms. The average molecular weight is 200 g/mol. The van der Waals surface area contributed by atoms with Gasteiger partial charge in [0, 0.05) is 12.3 Å². The van der Waals surface area contributed by atoms with Gasteiger partial charge >= 0.3 is 0 Å². The Balaban J connectivity index is 2.17. The third-order valence-corrected chi connectivity index (χ3v) is 2.94. The van der Waals surface area contributed by atoms with Gasteiger partial charge in [-0.2, -0.15) is 0 Å². The zero-order valence-corrected chi connectivity index (χ0v) is 9.29. The Bertz CT molecular complexity index is 413. The van der Waals surface area contributed by atoms with Crippen molar-refractivity contribution in [2.24, 2.45) is 5.92 Å². The molecule has 0 N–H and O–H groups in total. The van der Waals surface area contributed by atoms with E-state index in [2.05, 4.69) is 24.3 Å². The van der Waals surface area contributed by atoms with Crippen LogP contribution in [-0.2, 0) is 11.2 Å². The van der Waals surface area contributed by atoms with Gasteiger partial charge in [0.15, 0.2) is 0 Å². The third-order valence-electron chi connectivity index (χ3n) is 2.94. The zero-order chi connectivity index (χ0) is 10.8. The molecule has 78 valence electrons. The summed E-state index contributed by atoms with van der Waals surface area (Å²) in [6.45, 7) is 3.92. The second-order valence-corrected chi connectivity index (χ2v) is 4.39. The molecule has 0 heterocycles. The van der Waals surface area contributed by atoms with E-state index in [1.807, 2.05) is 19.9 Å². The van der Waals surface area contributed by atoms with Crippen molar-refractivity contribution in [3.05, 3.63) is 41.5 Å². The zero-order valence-electron chi connectivity index (χ0n) is 9.29. The highest BCUT2D eigenvalue weighted by Crippen LogP contribution is 2.30. The van der Waals surface area contributed by atoms with E-state index in [4.69, 9.17) is 0 Å². The minimum atomic E-state index is 0.138. The fraction of sp³-hybridized carbons (Fsp3) is 0.357. The van der Waals surface area contributed by atoms with Gasteiger partial charge in [0.2, 0.25) is 0 Å². The summed E-state index contributed by atoms with van der Waals surface area (Å²) in [6, 6.07) is 8.35. The van der Waals surface area contributed by atoms with Crippen LogP contribution in [0.3, 0.4) is 0 Å². The minimum absolute atomic E-state index is 0.138. The van der Waals surface area contributed by atoms with Crippen LogP contribution in [0.5, 0.6) is 0 Å². The lowest BCUT2D eigenvalue weighted by atomic mass is 9.97. The van der Waals surface area contributed by atoms with Crippen molar-refractivity contribution in [3.8, 4) is 0 Å². The number of fused-ring (bicyclic) bond motifs is 1. The standard InChI is InChI=1S/C14H16O/c1-10(2)14(15)9-12-8-7-11-5-3-4-6-13(11)12/h3-6,8,10H,7,9H2,1-2H3. The summed E-state index contributed by atoms with van der Waals surface area (Å²) < 4.78 is 0. The molecule has 0 atom stereocenters. The smallest absolute Gasteiger partial charge is 0.139 e. The summed E-state index contributed by atoms with van der Waals surface area (Å²) in [6.07, 6.45) is 3.76. The predicted octanol–water partition coefficient (Wildman–Crippen LogP) is 3.24. The van der Waals surface area contributed by atoms with E-state index in [1.165, 1.54) is 16.7 Å². The van der Waals surface area contributed by atoms with Crippen LogP contribution in [0.4, 0.5) is 0 Å². The fourth-order valence-corrected chi connectivity index (χ4v) is 1.91. The first-order valence-electron chi connectivity index (χ1n) is 5.48. The van der Waals surface area contributed by atoms with Gasteiger partial charge in [-0.15, -0.1) is 0 Å². The SMILES string of the molecule is CC(C)C(=O)CC1=CCc2ccccc21. The van der Waals surface area contributed by atoms with Crippen LogP contribution in [0.25, 0.3) is 5.57 Å². The van der Waals surface area contributed by atoms with Crippen molar-refractivity contribution >= 4 is 11.4 Å². The van der Waals surface area contributed by atoms with E-state index in [9.17, 15) is 4.79 Å². The number of Topliss-reactive ketones (excluding diaryl/α,β-unsaturated/α-hetero) is 1. The quantitative estimate of drug-likeness (QED) is 0.732. The lowest BCUT2D eigenvalue weighted by Crippen LogP contribution is -2.06. The van der Waals surface area contributed by atoms with Gasteiger partial charge < -0.3 is 0 Å². The molecule has 0 unspecified atom stereocenters. The van der Waals surface area contributed by atoms with E-state index in [-0.39, 0.29) is 5.92 Å². The van der Waals surface area contributed by atoms with Crippen molar-refractivity contribution in [1.82, 2.24) is 0 Å². The maximum absolute atomic E-state index is 11.7. The minimum Gasteiger partial charge on any atom is -0.299 e. The number of carbonyl (C=O) groups is 1. The normalized spacial score (nSPS) is 13.9. The van der Waals surface area contributed by atoms with E-state index in [0.29, 0.717) is 12.2 Å². The summed E-state index contributed by atoms with van der Waals surface area (Å²) >= 11 is 0. The van der Waals surface area contributed by atoms with E-state index >= 15 is 0 Å². The molecule has 0 aromatic heterocycles. The summed E-state index contributed by atoms with van der Waals surface area (Å²) in [5, 5.41) is 0. The molecule has 0 saturated heterocycles. The van der Waals surface area contributed by atoms with Crippen molar-refractivity contribution < 1.29 is 4.79 Å². The molecule has 1 aromatic rings. The summed E-state index contributed by atoms with van der Waals surface area (Å²) in [4.78, 5) is 11.7. The number of carbonyl (C=O) groups excluding carboxylic acids is 1. The monoisotopic (exact) mass is 200 g/mol. The van der Waals surface area contributed by atoms with Crippen LogP contribution in [0, 0.1) is 5.92 Å². The second kappa shape index (κ2) is 4.01. The first-order valence-corrected chi connectivity index (χ1v) is 5.48. The van der Waals surface area contributed by atoms with Crippen LogP contribution in [0.15, 0.2) is 30.3 Å². The number of allylic oxidation sites excluding steroid dienone is 2. The van der Waals surface area contributed by atoms with E-state index < -0.39 is 0 Å². The van der Waals surface area contributed by atoms with Gasteiger partial charge in [0.25, 0.3) is 0 Å². The molecule has 1 aromatic carbocycles. The number of hydrogen-bond acceptors (Lipinski definition) is 1. The average Bonchev–Trinajstić information content (AvgIpc) is 2.62. The maximum atomic E-state index is 11.7. The highest BCUT2D eigenvalue weighted by Gasteiger charge is 2.17. The molecule has 0 amide bonds. The molecular weight excluding hydrogens is 184 g/mol. The molecule has 2 rings (SSSR count). The largest absolute Gasteiger partial charge is 0.299 e. The van der Waals surface area contributed by atoms with Gasteiger partial charge in [-0.25, -0.2) is 0 Å². The Hall–Kier alpha value is -1.37. The maximum Gasteiger partial charge on any atom is 0.139 e. The lowest BCUT2D eigenvalue weighted by Gasteiger charge is -2.06. The number of ketones is 1. The number of hydrogen-bond donors (Lipinski definition) is 0. The van der Waals surface area contributed by atoms with Gasteiger partial charge in [-0.05, 0) is 23.1 Å². The fourth-order valence-electron chi connectivity index (χ4n) is 1.91. The number of benzene rings is 1. The van der Waals surface area contributed by atoms with Crippen LogP contribution in [0.2, 0.25) is 0 Å². The summed E-state index contributed by atoms with van der Waals surface area (Å²) in [5.74, 6) is 0.469. The highest BCUT2D eigenvalue weighted by atomic mass is 16.1. The predicted molar refractivity (Wildman–Crippen MR) is 62.6 cm³/mol. The molecule has 1 nitrogen and oxygen atoms in total. The van der Waals surface area contributed by atoms with Crippen LogP contribution in [-0.4, -0.2) is 5.78 Å². The second-order valence-electron chi connectivity index (χ2n) is 4.39. The third kappa shape index (κ3) is 2.01. The Morgan fingerprint density at radius 2 is 2.07 bits per heavy atom. The Morgan fingerprint density at radius 3 is 2.80 bits per heavy atom. The highest BCUT2D eigenvalue weighted by molar-refractivity contribution is 5.92. The topological polar surface area (TPSA) is 17.1 Å². The summed E-state index contributed by atoms with van der Waals surface area (Å²) in [5.41, 5.74) is 3.83. The molecule has 0 spiro atoms. The first kappa shape index (κ1) is 10.2. The van der Waals surface area contributed by atoms with Crippen molar-refractivity contribution in [1.29, 1.82) is 0 Å². The molecule has 0 radical (unpaired) electrons. The molecule has 1 heteroatoms. The van der Waals surface area contributed by atoms with Gasteiger partial charge in [0.05, 0.1) is 0 Å². The van der Waals surface area contributed by atoms with E-state index in [1.54, 1.807) is 0 Å². The molecule has 0 aliphatic heterocycles. The Kier molecular flexibility index (Phi) is 2.72. The Morgan fingerprint density at radius 1 is 1.33 bits per heavy atom. The van der Waals surface area contributed by atoms with Crippen LogP contribution < -0.4 is 0 Å². The number of rotatable bonds is 3. The first-order chi connectivity index (χ1) is 7.18. The molecule has 0 saturated carbocycles. The summed E-state index contributed by atoms with van der Waals surface area (Å²) in [7, 11) is 0. The Labute approximate surface area is 90.8 Å². The van der Waals surface area contributed by atoms with Crippen molar-refractivity contribution in [2.75, 3.05) is 0 Å². The lowest BCUT2D eigenvalue weighted by molar-refractivity contribution is -0.120. The van der Waals surface area contributed by atoms with Crippen molar-refractivity contribution in [2.45, 2.75) is 26.7 Å². The molecular formula is C14H16O. The van der Waals surface area contributed by atoms with E-state index in [0.717, 1.165) is 6.42 Å². The van der Waals surface area contributed by atoms with Crippen molar-refractivity contribution in [3.63, 3.8) is 0 Å². The van der Waals surface area contributed by atoms with Gasteiger partial charge in [-0.1, -0.05) is 44.2 Å². The molecule has 1 aliphatic rings. The van der Waals surface area contributed by atoms with Gasteiger partial charge in [-0.3, -0.25) is 4.79 Å². The van der Waals surface area contributed by atoms with Crippen LogP contribution >= 0.6 is 0 Å². The van der Waals surface area contributed by atoms with Gasteiger partial charge in [0.1, 0.15) is 5.78 Å². The molecule has 1 aliphatic carbocycles. The molecule has 0 fully saturated rings. The van der Waals surface area contributed by atoms with Crippen LogP contribution in [0.1, 0.15) is 31.4 Å². The molecule has 15 heavy (non-hydrogen) atoms.